The molecule has 62 valence electrons. The van der Waals surface area contributed by atoms with Gasteiger partial charge in [0.25, 0.3) is 0 Å². The van der Waals surface area contributed by atoms with Crippen molar-refractivity contribution in [3.05, 3.63) is 0 Å². The lowest BCUT2D eigenvalue weighted by Gasteiger charge is -2.01. The molecule has 1 N–H and O–H groups in total. The number of hydrogen-bond acceptors (Lipinski definition) is 4. The van der Waals surface area contributed by atoms with Gasteiger partial charge in [-0.1, -0.05) is 0 Å². The van der Waals surface area contributed by atoms with Crippen LogP contribution in [0.2, 0.25) is 0 Å². The van der Waals surface area contributed by atoms with E-state index in [1.54, 1.807) is 0 Å². The van der Waals surface area contributed by atoms with Gasteiger partial charge in [-0.2, -0.15) is 8.42 Å². The Morgan fingerprint density at radius 1 is 1.40 bits per heavy atom. The summed E-state index contributed by atoms with van der Waals surface area (Å²) in [5, 5.41) is 0. The molecular weight excluding hydrogens is 227 g/mol. The van der Waals surface area contributed by atoms with Crippen LogP contribution in [0.5, 0.6) is 0 Å². The molecule has 0 aromatic rings. The fourth-order valence-electron chi connectivity index (χ4n) is 0.116. The summed E-state index contributed by atoms with van der Waals surface area (Å²) in [4.78, 5) is 0. The lowest BCUT2D eigenvalue weighted by atomic mass is 13.8. The quantitative estimate of drug-likeness (QED) is 0.478. The van der Waals surface area contributed by atoms with Gasteiger partial charge in [0, 0.05) is 15.0 Å². The molecule has 10 heteroatoms. The highest BCUT2D eigenvalue weighted by atomic mass is 35.5. The average molecular weight is 229 g/mol. The van der Waals surface area contributed by atoms with Crippen LogP contribution in [-0.2, 0) is 21.1 Å². The van der Waals surface area contributed by atoms with Gasteiger partial charge >= 0.3 is 10.2 Å². The smallest absolute Gasteiger partial charge is 0.213 e. The highest BCUT2D eigenvalue weighted by molar-refractivity contribution is 7.98. The number of hydrogen-bond donors (Lipinski definition) is 2. The Morgan fingerprint density at radius 2 is 1.80 bits per heavy atom. The van der Waals surface area contributed by atoms with E-state index in [-0.39, 0.29) is 0 Å². The highest BCUT2D eigenvalue weighted by Gasteiger charge is 2.20. The average Bonchev–Trinajstić information content (AvgIpc) is 1.86. The summed E-state index contributed by atoms with van der Waals surface area (Å²) in [6, 6.07) is 0. The number of nitrogens with zero attached hydrogens (tertiary/aromatic N) is 1. The maximum atomic E-state index is 10.3. The van der Waals surface area contributed by atoms with E-state index in [2.05, 4.69) is 11.8 Å². The van der Waals surface area contributed by atoms with Gasteiger partial charge in [0.05, 0.1) is 0 Å². The topological polar surface area (TPSA) is 83.6 Å². The summed E-state index contributed by atoms with van der Waals surface area (Å²) in [7, 11) is -7.67. The maximum Gasteiger partial charge on any atom is 0.320 e. The Balaban J connectivity index is 4.68. The molecule has 0 rings (SSSR count). The van der Waals surface area contributed by atoms with Crippen LogP contribution in [0.3, 0.4) is 0 Å². The first kappa shape index (κ1) is 10.4. The van der Waals surface area contributed by atoms with Gasteiger partial charge in [0.1, 0.15) is 0 Å². The molecule has 0 radical (unpaired) electrons. The molecule has 6 nitrogen and oxygen atoms in total. The zero-order valence-electron chi connectivity index (χ0n) is 4.19. The van der Waals surface area contributed by atoms with E-state index in [1.807, 2.05) is 0 Å². The Bertz CT molecular complexity index is 257. The normalized spacial score (nSPS) is 12.8. The van der Waals surface area contributed by atoms with Crippen molar-refractivity contribution in [2.75, 3.05) is 0 Å². The molecule has 0 aliphatic carbocycles. The SMILES string of the molecule is O=[SH](=O)N(Cl)S(=O)(=O)NCl. The van der Waals surface area contributed by atoms with Gasteiger partial charge in [-0.25, -0.2) is 8.42 Å². The van der Waals surface area contributed by atoms with Crippen LogP contribution in [0, 0.1) is 0 Å². The lowest BCUT2D eigenvalue weighted by molar-refractivity contribution is 0.561. The van der Waals surface area contributed by atoms with E-state index < -0.39 is 24.3 Å². The Morgan fingerprint density at radius 3 is 1.90 bits per heavy atom. The molecule has 0 saturated heterocycles. The van der Waals surface area contributed by atoms with E-state index in [9.17, 15) is 16.8 Å². The summed E-state index contributed by atoms with van der Waals surface area (Å²) >= 11 is 9.31. The molecule has 0 unspecified atom stereocenters. The van der Waals surface area contributed by atoms with Crippen LogP contribution < -0.4 is 4.24 Å². The second kappa shape index (κ2) is 3.69. The molecule has 0 aliphatic rings. The summed E-state index contributed by atoms with van der Waals surface area (Å²) in [6.07, 6.45) is 0. The maximum absolute atomic E-state index is 10.3. The number of nitrogens with one attached hydrogen (secondary N) is 1. The predicted molar refractivity (Wildman–Crippen MR) is 35.9 cm³/mol. The van der Waals surface area contributed by atoms with Crippen molar-refractivity contribution < 1.29 is 16.8 Å². The fourth-order valence-corrected chi connectivity index (χ4v) is 1.56. The van der Waals surface area contributed by atoms with Crippen LogP contribution >= 0.6 is 23.6 Å². The molecule has 0 bridgehead atoms. The molecule has 0 heterocycles. The molecule has 0 aromatic heterocycles. The summed E-state index contributed by atoms with van der Waals surface area (Å²) in [5.41, 5.74) is 0. The first-order chi connectivity index (χ1) is 4.41. The molecule has 10 heavy (non-hydrogen) atoms. The Hall–Kier alpha value is 0.400. The summed E-state index contributed by atoms with van der Waals surface area (Å²) in [5.74, 6) is 0. The number of rotatable bonds is 3. The van der Waals surface area contributed by atoms with Crippen LogP contribution in [0.15, 0.2) is 0 Å². The van der Waals surface area contributed by atoms with E-state index >= 15 is 0 Å². The number of halogens is 2. The standard InChI is InChI=1S/Cl2H2N2O4S2/c1-3-10(7,8)4(2)9(5)6/h3,9H. The fraction of sp³-hybridized carbons (Fsp3) is 0. The Labute approximate surface area is 69.2 Å². The first-order valence-electron chi connectivity index (χ1n) is 1.64. The minimum absolute atomic E-state index is 0.435. The molecule has 0 atom stereocenters. The lowest BCUT2D eigenvalue weighted by Crippen LogP contribution is -2.28. The van der Waals surface area contributed by atoms with Crippen molar-refractivity contribution in [2.24, 2.45) is 0 Å². The molecule has 0 aromatic carbocycles. The van der Waals surface area contributed by atoms with Crippen molar-refractivity contribution in [3.8, 4) is 0 Å². The number of thiol groups is 1. The van der Waals surface area contributed by atoms with Crippen molar-refractivity contribution in [3.63, 3.8) is 0 Å². The van der Waals surface area contributed by atoms with Crippen LogP contribution in [0.25, 0.3) is 0 Å². The van der Waals surface area contributed by atoms with E-state index in [4.69, 9.17) is 11.8 Å². The van der Waals surface area contributed by atoms with E-state index in [1.165, 1.54) is 4.24 Å². The van der Waals surface area contributed by atoms with Crippen molar-refractivity contribution in [1.82, 2.24) is 7.47 Å². The molecule has 0 fully saturated rings. The van der Waals surface area contributed by atoms with Gasteiger partial charge in [-0.15, -0.1) is 4.24 Å². The van der Waals surface area contributed by atoms with E-state index in [0.29, 0.717) is 0 Å². The van der Waals surface area contributed by atoms with Gasteiger partial charge in [-0.3, -0.25) is 0 Å². The van der Waals surface area contributed by atoms with Gasteiger partial charge in [0.15, 0.2) is 0 Å². The minimum atomic E-state index is -4.28. The third-order valence-corrected chi connectivity index (χ3v) is 3.82. The largest absolute Gasteiger partial charge is 0.320 e. The van der Waals surface area contributed by atoms with Crippen molar-refractivity contribution in [2.45, 2.75) is 0 Å². The van der Waals surface area contributed by atoms with E-state index in [0.717, 1.165) is 0 Å². The zero-order chi connectivity index (χ0) is 8.36. The van der Waals surface area contributed by atoms with Gasteiger partial charge in [0.2, 0.25) is 10.9 Å². The van der Waals surface area contributed by atoms with Crippen molar-refractivity contribution in [1.29, 1.82) is 0 Å². The molecule has 0 spiro atoms. The van der Waals surface area contributed by atoms with Crippen LogP contribution in [0.4, 0.5) is 0 Å². The summed E-state index contributed by atoms with van der Waals surface area (Å²) in [6.45, 7) is 0. The van der Waals surface area contributed by atoms with Crippen LogP contribution in [0.1, 0.15) is 0 Å². The third kappa shape index (κ3) is 2.56. The zero-order valence-corrected chi connectivity index (χ0v) is 7.41. The monoisotopic (exact) mass is 228 g/mol. The van der Waals surface area contributed by atoms with Gasteiger partial charge < -0.3 is 0 Å². The second-order valence-corrected chi connectivity index (χ2v) is 4.87. The molecule has 0 saturated carbocycles. The highest BCUT2D eigenvalue weighted by Crippen LogP contribution is 2.01. The van der Waals surface area contributed by atoms with Crippen molar-refractivity contribution >= 4 is 44.7 Å². The van der Waals surface area contributed by atoms with Crippen LogP contribution in [-0.4, -0.2) is 20.1 Å². The predicted octanol–water partition coefficient (Wildman–Crippen LogP) is -1.04. The minimum Gasteiger partial charge on any atom is -0.213 e. The Kier molecular flexibility index (Phi) is 3.84. The third-order valence-electron chi connectivity index (χ3n) is 0.424. The molecular formula is H2Cl2N2O4S2. The first-order valence-corrected chi connectivity index (χ1v) is 4.93. The van der Waals surface area contributed by atoms with Gasteiger partial charge in [-0.05, 0) is 11.8 Å². The molecule has 0 amide bonds. The summed E-state index contributed by atoms with van der Waals surface area (Å²) < 4.78 is 41.1. The molecule has 0 aliphatic heterocycles. The second-order valence-electron chi connectivity index (χ2n) is 1.02.